The van der Waals surface area contributed by atoms with E-state index >= 15 is 0 Å². The summed E-state index contributed by atoms with van der Waals surface area (Å²) < 4.78 is 0.973. The zero-order chi connectivity index (χ0) is 28.9. The van der Waals surface area contributed by atoms with Crippen molar-refractivity contribution in [2.75, 3.05) is 56.9 Å². The fourth-order valence-corrected chi connectivity index (χ4v) is 6.38. The lowest BCUT2D eigenvalue weighted by Crippen LogP contribution is -2.44. The van der Waals surface area contributed by atoms with Crippen molar-refractivity contribution in [3.63, 3.8) is 0 Å². The number of nitrogens with one attached hydrogen (secondary N) is 2. The van der Waals surface area contributed by atoms with E-state index in [9.17, 15) is 4.79 Å². The lowest BCUT2D eigenvalue weighted by Gasteiger charge is -2.32. The number of rotatable bonds is 9. The van der Waals surface area contributed by atoms with Crippen molar-refractivity contribution in [3.05, 3.63) is 106 Å². The van der Waals surface area contributed by atoms with E-state index in [0.29, 0.717) is 12.4 Å². The van der Waals surface area contributed by atoms with Crippen LogP contribution in [0.15, 0.2) is 83.5 Å². The molecule has 3 aromatic carbocycles. The number of amides is 1. The Morgan fingerprint density at radius 3 is 2.62 bits per heavy atom. The van der Waals surface area contributed by atoms with Crippen molar-refractivity contribution in [1.29, 1.82) is 0 Å². The van der Waals surface area contributed by atoms with Crippen LogP contribution in [0.2, 0.25) is 0 Å². The average Bonchev–Trinajstić information content (AvgIpc) is 3.00. The van der Waals surface area contributed by atoms with Crippen LogP contribution < -0.4 is 10.6 Å². The molecular formula is C34H37BrN6O. The van der Waals surface area contributed by atoms with Gasteiger partial charge in [-0.2, -0.15) is 0 Å². The summed E-state index contributed by atoms with van der Waals surface area (Å²) in [6, 6.07) is 24.6. The normalized spacial score (nSPS) is 16.9. The summed E-state index contributed by atoms with van der Waals surface area (Å²) >= 11 is 3.47. The van der Waals surface area contributed by atoms with E-state index < -0.39 is 0 Å². The van der Waals surface area contributed by atoms with Crippen LogP contribution in [0.3, 0.4) is 0 Å². The Hall–Kier alpha value is -3.59. The Balaban J connectivity index is 1.10. The summed E-state index contributed by atoms with van der Waals surface area (Å²) in [4.78, 5) is 27.2. The third kappa shape index (κ3) is 6.89. The number of carbonyl (C=O) groups is 1. The molecule has 1 saturated heterocycles. The van der Waals surface area contributed by atoms with Crippen molar-refractivity contribution in [2.24, 2.45) is 0 Å². The highest BCUT2D eigenvalue weighted by Gasteiger charge is 2.27. The predicted octanol–water partition coefficient (Wildman–Crippen LogP) is 5.82. The fraction of sp³-hybridized carbons (Fsp3) is 0.324. The molecule has 7 nitrogen and oxygen atoms in total. The second-order valence-electron chi connectivity index (χ2n) is 11.3. The van der Waals surface area contributed by atoms with Crippen molar-refractivity contribution < 1.29 is 4.79 Å². The number of hydrogen-bond acceptors (Lipinski definition) is 6. The highest BCUT2D eigenvalue weighted by Crippen LogP contribution is 2.42. The largest absolute Gasteiger partial charge is 0.354 e. The second kappa shape index (κ2) is 13.2. The molecule has 2 N–H and O–H groups in total. The lowest BCUT2D eigenvalue weighted by molar-refractivity contribution is -0.115. The number of piperazine rings is 1. The Labute approximate surface area is 256 Å². The van der Waals surface area contributed by atoms with Crippen molar-refractivity contribution in [1.82, 2.24) is 19.8 Å². The Morgan fingerprint density at radius 2 is 1.81 bits per heavy atom. The Bertz CT molecular complexity index is 1530. The zero-order valence-corrected chi connectivity index (χ0v) is 25.6. The Kier molecular flexibility index (Phi) is 8.93. The molecule has 1 aliphatic carbocycles. The van der Waals surface area contributed by atoms with Gasteiger partial charge in [-0.3, -0.25) is 4.79 Å². The number of carbonyl (C=O) groups excluding carboxylic acids is 1. The molecule has 1 atom stereocenters. The summed E-state index contributed by atoms with van der Waals surface area (Å²) in [5.74, 6) is 0.869. The molecule has 1 unspecified atom stereocenters. The van der Waals surface area contributed by atoms with Crippen LogP contribution in [0.25, 0.3) is 11.3 Å². The number of aromatic nitrogens is 2. The van der Waals surface area contributed by atoms with Crippen LogP contribution in [0.1, 0.15) is 34.6 Å². The predicted molar refractivity (Wildman–Crippen MR) is 173 cm³/mol. The smallest absolute Gasteiger partial charge is 0.228 e. The maximum Gasteiger partial charge on any atom is 0.228 e. The lowest BCUT2D eigenvalue weighted by atomic mass is 9.78. The number of benzene rings is 3. The third-order valence-electron chi connectivity index (χ3n) is 8.26. The standard InChI is InChI=1S/C34H37BrN6O/c1-40-16-18-41(19-17-40)15-5-14-36-34-37-23-26-22-31(29-8-2-3-9-30(29)33(26)39-34)25-10-12-28(13-11-25)38-32(42)21-24-6-4-7-27(35)20-24/h2-4,6-13,20,23,31H,5,14-19,21-22H2,1H3,(H,38,42)(H,36,37,39). The minimum atomic E-state index is -0.0290. The summed E-state index contributed by atoms with van der Waals surface area (Å²) in [5, 5.41) is 6.50. The van der Waals surface area contributed by atoms with E-state index in [1.54, 1.807) is 0 Å². The molecule has 1 amide bonds. The zero-order valence-electron chi connectivity index (χ0n) is 24.0. The molecule has 0 saturated carbocycles. The maximum absolute atomic E-state index is 12.6. The molecule has 1 fully saturated rings. The first-order valence-electron chi connectivity index (χ1n) is 14.8. The van der Waals surface area contributed by atoms with Gasteiger partial charge in [0.1, 0.15) is 0 Å². The van der Waals surface area contributed by atoms with Crippen LogP contribution in [-0.4, -0.2) is 72.0 Å². The van der Waals surface area contributed by atoms with Crippen LogP contribution in [0, 0.1) is 0 Å². The van der Waals surface area contributed by atoms with Crippen molar-refractivity contribution >= 4 is 33.5 Å². The number of anilines is 2. The average molecular weight is 626 g/mol. The number of fused-ring (bicyclic) bond motifs is 3. The SMILES string of the molecule is CN1CCN(CCCNc2ncc3c(n2)-c2ccccc2C(c2ccc(NC(=O)Cc4cccc(Br)c4)cc2)C3)CC1. The van der Waals surface area contributed by atoms with Gasteiger partial charge in [-0.25, -0.2) is 9.97 Å². The third-order valence-corrected chi connectivity index (χ3v) is 8.75. The van der Waals surface area contributed by atoms with Gasteiger partial charge in [-0.1, -0.05) is 64.5 Å². The van der Waals surface area contributed by atoms with Gasteiger partial charge in [0.25, 0.3) is 0 Å². The van der Waals surface area contributed by atoms with E-state index in [1.807, 2.05) is 42.6 Å². The fourth-order valence-electron chi connectivity index (χ4n) is 5.93. The monoisotopic (exact) mass is 624 g/mol. The van der Waals surface area contributed by atoms with E-state index in [1.165, 1.54) is 11.1 Å². The van der Waals surface area contributed by atoms with Gasteiger partial charge >= 0.3 is 0 Å². The number of halogens is 1. The minimum Gasteiger partial charge on any atom is -0.354 e. The van der Waals surface area contributed by atoms with Gasteiger partial charge in [-0.05, 0) is 73.0 Å². The molecular weight excluding hydrogens is 588 g/mol. The topological polar surface area (TPSA) is 73.4 Å². The van der Waals surface area contributed by atoms with Gasteiger partial charge in [0.05, 0.1) is 12.1 Å². The molecule has 1 aliphatic heterocycles. The molecule has 0 bridgehead atoms. The van der Waals surface area contributed by atoms with E-state index in [0.717, 1.165) is 84.7 Å². The van der Waals surface area contributed by atoms with E-state index in [2.05, 4.69) is 84.8 Å². The maximum atomic E-state index is 12.6. The second-order valence-corrected chi connectivity index (χ2v) is 12.2. The molecule has 6 rings (SSSR count). The summed E-state index contributed by atoms with van der Waals surface area (Å²) in [6.07, 6.45) is 4.24. The van der Waals surface area contributed by atoms with Crippen molar-refractivity contribution in [3.8, 4) is 11.3 Å². The molecule has 0 radical (unpaired) electrons. The first kappa shape index (κ1) is 28.5. The highest BCUT2D eigenvalue weighted by molar-refractivity contribution is 9.10. The van der Waals surface area contributed by atoms with Gasteiger partial charge in [0.2, 0.25) is 11.9 Å². The molecule has 42 heavy (non-hydrogen) atoms. The summed E-state index contributed by atoms with van der Waals surface area (Å²) in [7, 11) is 2.19. The molecule has 1 aromatic heterocycles. The minimum absolute atomic E-state index is 0.0290. The first-order chi connectivity index (χ1) is 20.5. The molecule has 4 aromatic rings. The van der Waals surface area contributed by atoms with Gasteiger partial charge in [0.15, 0.2) is 0 Å². The molecule has 2 aliphatic rings. The molecule has 0 spiro atoms. The molecule has 216 valence electrons. The Morgan fingerprint density at radius 1 is 1.00 bits per heavy atom. The highest BCUT2D eigenvalue weighted by atomic mass is 79.9. The molecule has 2 heterocycles. The van der Waals surface area contributed by atoms with Crippen LogP contribution in [-0.2, 0) is 17.6 Å². The van der Waals surface area contributed by atoms with Crippen molar-refractivity contribution in [2.45, 2.75) is 25.2 Å². The van der Waals surface area contributed by atoms with E-state index in [4.69, 9.17) is 4.98 Å². The summed E-state index contributed by atoms with van der Waals surface area (Å²) in [5.41, 5.74) is 7.61. The van der Waals surface area contributed by atoms with Gasteiger partial charge in [-0.15, -0.1) is 0 Å². The van der Waals surface area contributed by atoms with Crippen LogP contribution >= 0.6 is 15.9 Å². The van der Waals surface area contributed by atoms with Gasteiger partial charge in [0, 0.05) is 60.6 Å². The number of nitrogens with zero attached hydrogens (tertiary/aromatic N) is 4. The van der Waals surface area contributed by atoms with E-state index in [-0.39, 0.29) is 11.8 Å². The summed E-state index contributed by atoms with van der Waals surface area (Å²) in [6.45, 7) is 6.55. The van der Waals surface area contributed by atoms with Crippen LogP contribution in [0.5, 0.6) is 0 Å². The molecule has 8 heteroatoms. The number of hydrogen-bond donors (Lipinski definition) is 2. The van der Waals surface area contributed by atoms with Gasteiger partial charge < -0.3 is 20.4 Å². The number of likely N-dealkylation sites (N-methyl/N-ethyl adjacent to an activating group) is 1. The quantitative estimate of drug-likeness (QED) is 0.229. The first-order valence-corrected chi connectivity index (χ1v) is 15.6. The van der Waals surface area contributed by atoms with Crippen LogP contribution in [0.4, 0.5) is 11.6 Å².